The van der Waals surface area contributed by atoms with Crippen molar-refractivity contribution >= 4 is 5.91 Å². The lowest BCUT2D eigenvalue weighted by atomic mass is 10.1. The molecule has 0 saturated heterocycles. The highest BCUT2D eigenvalue weighted by Crippen LogP contribution is 2.25. The molecular formula is C19H17F2N5O. The van der Waals surface area contributed by atoms with Crippen molar-refractivity contribution in [2.24, 2.45) is 0 Å². The van der Waals surface area contributed by atoms with E-state index in [1.807, 2.05) is 6.92 Å². The van der Waals surface area contributed by atoms with Gasteiger partial charge in [-0.15, -0.1) is 0 Å². The maximum Gasteiger partial charge on any atom is 0.272 e. The number of nitrogens with one attached hydrogen (secondary N) is 1. The Labute approximate surface area is 154 Å². The summed E-state index contributed by atoms with van der Waals surface area (Å²) in [5.41, 5.74) is 2.82. The highest BCUT2D eigenvalue weighted by molar-refractivity contribution is 5.92. The Bertz CT molecular complexity index is 1030. The smallest absolute Gasteiger partial charge is 0.272 e. The van der Waals surface area contributed by atoms with Crippen LogP contribution >= 0.6 is 0 Å². The molecule has 0 bridgehead atoms. The molecule has 1 N–H and O–H groups in total. The van der Waals surface area contributed by atoms with Gasteiger partial charge in [0.15, 0.2) is 0 Å². The highest BCUT2D eigenvalue weighted by atomic mass is 19.1. The molecular weight excluding hydrogens is 352 g/mol. The van der Waals surface area contributed by atoms with E-state index >= 15 is 0 Å². The average Bonchev–Trinajstić information content (AvgIpc) is 3.03. The number of imidazole rings is 1. The molecule has 1 amide bonds. The molecule has 4 rings (SSSR count). The molecule has 0 fully saturated rings. The Balaban J connectivity index is 1.60. The van der Waals surface area contributed by atoms with Gasteiger partial charge in [-0.05, 0) is 32.0 Å². The van der Waals surface area contributed by atoms with Crippen molar-refractivity contribution in [2.45, 2.75) is 26.8 Å². The van der Waals surface area contributed by atoms with Gasteiger partial charge in [-0.1, -0.05) is 0 Å². The van der Waals surface area contributed by atoms with E-state index in [1.54, 1.807) is 17.9 Å². The van der Waals surface area contributed by atoms with E-state index in [-0.39, 0.29) is 11.5 Å². The molecule has 1 aromatic carbocycles. The number of aromatic amines is 1. The van der Waals surface area contributed by atoms with Crippen LogP contribution in [0.25, 0.3) is 11.4 Å². The summed E-state index contributed by atoms with van der Waals surface area (Å²) >= 11 is 0. The summed E-state index contributed by atoms with van der Waals surface area (Å²) in [5, 5.41) is 0. The number of hydrogen-bond donors (Lipinski definition) is 1. The largest absolute Gasteiger partial charge is 0.340 e. The Morgan fingerprint density at radius 3 is 2.70 bits per heavy atom. The molecule has 0 radical (unpaired) electrons. The predicted molar refractivity (Wildman–Crippen MR) is 93.9 cm³/mol. The van der Waals surface area contributed by atoms with Crippen LogP contribution in [-0.4, -0.2) is 37.3 Å². The summed E-state index contributed by atoms with van der Waals surface area (Å²) < 4.78 is 27.1. The molecule has 8 heteroatoms. The number of halogens is 2. The van der Waals surface area contributed by atoms with E-state index in [0.717, 1.165) is 23.1 Å². The first-order valence-electron chi connectivity index (χ1n) is 8.55. The van der Waals surface area contributed by atoms with E-state index in [4.69, 9.17) is 0 Å². The van der Waals surface area contributed by atoms with Gasteiger partial charge in [-0.2, -0.15) is 0 Å². The molecule has 2 aromatic heterocycles. The average molecular weight is 369 g/mol. The number of hydrogen-bond acceptors (Lipinski definition) is 4. The van der Waals surface area contributed by atoms with Crippen molar-refractivity contribution in [1.82, 2.24) is 24.8 Å². The zero-order chi connectivity index (χ0) is 19.1. The molecule has 1 aliphatic rings. The summed E-state index contributed by atoms with van der Waals surface area (Å²) in [6.07, 6.45) is 0.545. The molecule has 138 valence electrons. The fourth-order valence-corrected chi connectivity index (χ4v) is 3.26. The first-order chi connectivity index (χ1) is 12.9. The molecule has 0 saturated carbocycles. The number of carbonyl (C=O) groups is 1. The van der Waals surface area contributed by atoms with E-state index in [0.29, 0.717) is 36.9 Å². The van der Waals surface area contributed by atoms with E-state index in [2.05, 4.69) is 19.9 Å². The Hall–Kier alpha value is -3.16. The number of amides is 1. The standard InChI is InChI=1S/C19H17F2N5O/c1-10-7-16(23-11(2)22-10)19(27)26-6-5-15-17(9-26)25-18(24-15)13-4-3-12(20)8-14(13)21/h3-4,7-8H,5-6,9H2,1-2H3,(H,24,25). The van der Waals surface area contributed by atoms with Crippen LogP contribution in [0.1, 0.15) is 33.4 Å². The molecule has 6 nitrogen and oxygen atoms in total. The van der Waals surface area contributed by atoms with Gasteiger partial charge < -0.3 is 9.88 Å². The highest BCUT2D eigenvalue weighted by Gasteiger charge is 2.26. The van der Waals surface area contributed by atoms with Crippen molar-refractivity contribution in [1.29, 1.82) is 0 Å². The first kappa shape index (κ1) is 17.3. The number of nitrogens with zero attached hydrogens (tertiary/aromatic N) is 4. The Morgan fingerprint density at radius 2 is 1.96 bits per heavy atom. The molecule has 3 heterocycles. The third kappa shape index (κ3) is 3.30. The Kier molecular flexibility index (Phi) is 4.18. The Morgan fingerprint density at radius 1 is 1.15 bits per heavy atom. The zero-order valence-electron chi connectivity index (χ0n) is 14.9. The second kappa shape index (κ2) is 6.53. The van der Waals surface area contributed by atoms with E-state index in [1.165, 1.54) is 12.1 Å². The van der Waals surface area contributed by atoms with Crippen molar-refractivity contribution in [3.8, 4) is 11.4 Å². The maximum atomic E-state index is 14.0. The van der Waals surface area contributed by atoms with Gasteiger partial charge in [0.2, 0.25) is 0 Å². The lowest BCUT2D eigenvalue weighted by Gasteiger charge is -2.26. The zero-order valence-corrected chi connectivity index (χ0v) is 14.9. The van der Waals surface area contributed by atoms with Gasteiger partial charge in [0.25, 0.3) is 5.91 Å². The lowest BCUT2D eigenvalue weighted by Crippen LogP contribution is -2.36. The van der Waals surface area contributed by atoms with Crippen LogP contribution < -0.4 is 0 Å². The monoisotopic (exact) mass is 369 g/mol. The maximum absolute atomic E-state index is 14.0. The predicted octanol–water partition coefficient (Wildman–Crippen LogP) is 2.96. The molecule has 0 atom stereocenters. The minimum atomic E-state index is -0.680. The van der Waals surface area contributed by atoms with Crippen molar-refractivity contribution < 1.29 is 13.6 Å². The molecule has 0 aliphatic carbocycles. The minimum absolute atomic E-state index is 0.182. The molecule has 27 heavy (non-hydrogen) atoms. The first-order valence-corrected chi connectivity index (χ1v) is 8.55. The summed E-state index contributed by atoms with van der Waals surface area (Å²) in [4.78, 5) is 30.4. The number of fused-ring (bicyclic) bond motifs is 1. The van der Waals surface area contributed by atoms with Crippen molar-refractivity contribution in [2.75, 3.05) is 6.54 Å². The molecule has 1 aliphatic heterocycles. The van der Waals surface area contributed by atoms with Crippen LogP contribution in [-0.2, 0) is 13.0 Å². The number of benzene rings is 1. The number of carbonyl (C=O) groups excluding carboxylic acids is 1. The SMILES string of the molecule is Cc1cc(C(=O)N2CCc3nc(-c4ccc(F)cc4F)[nH]c3C2)nc(C)n1. The summed E-state index contributed by atoms with van der Waals surface area (Å²) in [6, 6.07) is 5.03. The van der Waals surface area contributed by atoms with Crippen LogP contribution in [0.15, 0.2) is 24.3 Å². The van der Waals surface area contributed by atoms with Gasteiger partial charge in [0.05, 0.1) is 23.5 Å². The van der Waals surface area contributed by atoms with Crippen LogP contribution in [0.2, 0.25) is 0 Å². The third-order valence-corrected chi connectivity index (χ3v) is 4.49. The summed E-state index contributed by atoms with van der Waals surface area (Å²) in [7, 11) is 0. The number of H-pyrrole nitrogens is 1. The number of aryl methyl sites for hydroxylation is 2. The fourth-order valence-electron chi connectivity index (χ4n) is 3.26. The normalized spacial score (nSPS) is 13.6. The molecule has 0 unspecified atom stereocenters. The topological polar surface area (TPSA) is 74.8 Å². The van der Waals surface area contributed by atoms with Crippen LogP contribution in [0.3, 0.4) is 0 Å². The van der Waals surface area contributed by atoms with Gasteiger partial charge in [0, 0.05) is 24.7 Å². The van der Waals surface area contributed by atoms with Crippen molar-refractivity contribution in [3.63, 3.8) is 0 Å². The number of rotatable bonds is 2. The second-order valence-electron chi connectivity index (χ2n) is 6.55. The fraction of sp³-hybridized carbons (Fsp3) is 0.263. The molecule has 0 spiro atoms. The summed E-state index contributed by atoms with van der Waals surface area (Å²) in [6.45, 7) is 4.38. The van der Waals surface area contributed by atoms with Gasteiger partial charge in [0.1, 0.15) is 29.0 Å². The second-order valence-corrected chi connectivity index (χ2v) is 6.55. The van der Waals surface area contributed by atoms with Crippen molar-refractivity contribution in [3.05, 3.63) is 64.5 Å². The van der Waals surface area contributed by atoms with E-state index in [9.17, 15) is 13.6 Å². The quantitative estimate of drug-likeness (QED) is 0.754. The van der Waals surface area contributed by atoms with Gasteiger partial charge in [-0.3, -0.25) is 4.79 Å². The van der Waals surface area contributed by atoms with Gasteiger partial charge in [-0.25, -0.2) is 23.7 Å². The minimum Gasteiger partial charge on any atom is -0.340 e. The van der Waals surface area contributed by atoms with Crippen LogP contribution in [0.4, 0.5) is 8.78 Å². The van der Waals surface area contributed by atoms with Crippen LogP contribution in [0.5, 0.6) is 0 Å². The number of aromatic nitrogens is 4. The third-order valence-electron chi connectivity index (χ3n) is 4.49. The van der Waals surface area contributed by atoms with Gasteiger partial charge >= 0.3 is 0 Å². The lowest BCUT2D eigenvalue weighted by molar-refractivity contribution is 0.0725. The van der Waals surface area contributed by atoms with Crippen LogP contribution in [0, 0.1) is 25.5 Å². The summed E-state index contributed by atoms with van der Waals surface area (Å²) in [5.74, 6) is -0.619. The molecule has 3 aromatic rings. The van der Waals surface area contributed by atoms with E-state index < -0.39 is 11.6 Å².